The standard InChI is InChI=1S/C20H28N4O3S2/c1-23-11-13-24(14-12-23)10-3-2-9-21-20(25)17-6-4-7-18(16-17)22-29(26,27)19-8-5-15-28-19/h4-8,15-16,22H,2-3,9-14H2,1H3,(H,21,25). The summed E-state index contributed by atoms with van der Waals surface area (Å²) in [6, 6.07) is 9.79. The second-order valence-corrected chi connectivity index (χ2v) is 10.1. The molecule has 7 nitrogen and oxygen atoms in total. The van der Waals surface area contributed by atoms with E-state index >= 15 is 0 Å². The van der Waals surface area contributed by atoms with Crippen molar-refractivity contribution in [1.29, 1.82) is 0 Å². The number of nitrogens with one attached hydrogen (secondary N) is 2. The van der Waals surface area contributed by atoms with Gasteiger partial charge in [-0.05, 0) is 56.1 Å². The number of likely N-dealkylation sites (N-methyl/N-ethyl adjacent to an activating group) is 1. The monoisotopic (exact) mass is 436 g/mol. The van der Waals surface area contributed by atoms with Gasteiger partial charge in [-0.15, -0.1) is 11.3 Å². The number of nitrogens with zero attached hydrogens (tertiary/aromatic N) is 2. The van der Waals surface area contributed by atoms with E-state index in [2.05, 4.69) is 26.9 Å². The maximum absolute atomic E-state index is 12.4. The molecule has 0 saturated carbocycles. The number of anilines is 1. The highest BCUT2D eigenvalue weighted by Crippen LogP contribution is 2.20. The Hall–Kier alpha value is -1.94. The van der Waals surface area contributed by atoms with Gasteiger partial charge in [-0.3, -0.25) is 9.52 Å². The van der Waals surface area contributed by atoms with E-state index in [0.29, 0.717) is 17.8 Å². The zero-order chi connectivity index (χ0) is 20.7. The third-order valence-electron chi connectivity index (χ3n) is 4.92. The van der Waals surface area contributed by atoms with Gasteiger partial charge in [0.25, 0.3) is 15.9 Å². The molecule has 1 fully saturated rings. The van der Waals surface area contributed by atoms with E-state index in [1.54, 1.807) is 41.8 Å². The van der Waals surface area contributed by atoms with Crippen LogP contribution < -0.4 is 10.0 Å². The molecule has 0 bridgehead atoms. The topological polar surface area (TPSA) is 81.8 Å². The van der Waals surface area contributed by atoms with Crippen molar-refractivity contribution in [1.82, 2.24) is 15.1 Å². The van der Waals surface area contributed by atoms with E-state index in [0.717, 1.165) is 56.9 Å². The molecule has 1 aromatic heterocycles. The molecule has 9 heteroatoms. The van der Waals surface area contributed by atoms with Crippen molar-refractivity contribution in [2.45, 2.75) is 17.1 Å². The molecule has 2 aromatic rings. The first-order valence-corrected chi connectivity index (χ1v) is 12.2. The summed E-state index contributed by atoms with van der Waals surface area (Å²) >= 11 is 1.15. The van der Waals surface area contributed by atoms with Crippen molar-refractivity contribution in [3.63, 3.8) is 0 Å². The molecule has 2 heterocycles. The van der Waals surface area contributed by atoms with Crippen molar-refractivity contribution in [2.75, 3.05) is 51.0 Å². The molecular formula is C20H28N4O3S2. The minimum atomic E-state index is -3.62. The first-order chi connectivity index (χ1) is 13.9. The van der Waals surface area contributed by atoms with E-state index in [1.165, 1.54) is 0 Å². The largest absolute Gasteiger partial charge is 0.352 e. The van der Waals surface area contributed by atoms with Crippen LogP contribution in [-0.4, -0.2) is 70.4 Å². The highest BCUT2D eigenvalue weighted by atomic mass is 32.2. The zero-order valence-corrected chi connectivity index (χ0v) is 18.3. The Balaban J connectivity index is 1.43. The molecule has 0 atom stereocenters. The predicted molar refractivity (Wildman–Crippen MR) is 117 cm³/mol. The summed E-state index contributed by atoms with van der Waals surface area (Å²) in [6.07, 6.45) is 1.97. The third-order valence-corrected chi connectivity index (χ3v) is 7.70. The summed E-state index contributed by atoms with van der Waals surface area (Å²) in [4.78, 5) is 17.2. The third kappa shape index (κ3) is 6.53. The van der Waals surface area contributed by atoms with Crippen LogP contribution in [0.15, 0.2) is 46.0 Å². The molecule has 1 saturated heterocycles. The number of benzene rings is 1. The first-order valence-electron chi connectivity index (χ1n) is 9.79. The molecule has 0 aliphatic carbocycles. The average Bonchev–Trinajstić information content (AvgIpc) is 3.25. The Kier molecular flexibility index (Phi) is 7.65. The van der Waals surface area contributed by atoms with Gasteiger partial charge in [0.2, 0.25) is 0 Å². The fourth-order valence-electron chi connectivity index (χ4n) is 3.18. The Morgan fingerprint density at radius 3 is 2.62 bits per heavy atom. The minimum absolute atomic E-state index is 0.193. The van der Waals surface area contributed by atoms with Gasteiger partial charge in [-0.25, -0.2) is 8.42 Å². The van der Waals surface area contributed by atoms with E-state index in [4.69, 9.17) is 0 Å². The van der Waals surface area contributed by atoms with Gasteiger partial charge in [0.15, 0.2) is 0 Å². The summed E-state index contributed by atoms with van der Waals surface area (Å²) in [7, 11) is -1.47. The minimum Gasteiger partial charge on any atom is -0.352 e. The SMILES string of the molecule is CN1CCN(CCCCNC(=O)c2cccc(NS(=O)(=O)c3cccs3)c2)CC1. The lowest BCUT2D eigenvalue weighted by molar-refractivity contribution is 0.0952. The number of carbonyl (C=O) groups excluding carboxylic acids is 1. The Morgan fingerprint density at radius 1 is 1.10 bits per heavy atom. The zero-order valence-electron chi connectivity index (χ0n) is 16.6. The summed E-state index contributed by atoms with van der Waals surface area (Å²) in [5.41, 5.74) is 0.816. The molecule has 158 valence electrons. The number of amides is 1. The molecule has 1 aliphatic rings. The van der Waals surface area contributed by atoms with Crippen LogP contribution in [0.2, 0.25) is 0 Å². The van der Waals surface area contributed by atoms with Crippen LogP contribution in [0, 0.1) is 0 Å². The molecule has 0 radical (unpaired) electrons. The number of hydrogen-bond donors (Lipinski definition) is 2. The molecular weight excluding hydrogens is 408 g/mol. The summed E-state index contributed by atoms with van der Waals surface area (Å²) < 4.78 is 27.4. The van der Waals surface area contributed by atoms with E-state index < -0.39 is 10.0 Å². The van der Waals surface area contributed by atoms with Gasteiger partial charge in [0.05, 0.1) is 0 Å². The molecule has 1 amide bonds. The molecule has 3 rings (SSSR count). The van der Waals surface area contributed by atoms with Crippen LogP contribution >= 0.6 is 11.3 Å². The average molecular weight is 437 g/mol. The Morgan fingerprint density at radius 2 is 1.90 bits per heavy atom. The lowest BCUT2D eigenvalue weighted by Crippen LogP contribution is -2.44. The van der Waals surface area contributed by atoms with Crippen LogP contribution in [-0.2, 0) is 10.0 Å². The molecule has 1 aromatic carbocycles. The van der Waals surface area contributed by atoms with Crippen molar-refractivity contribution in [3.05, 3.63) is 47.3 Å². The number of hydrogen-bond acceptors (Lipinski definition) is 6. The highest BCUT2D eigenvalue weighted by molar-refractivity contribution is 7.94. The fourth-order valence-corrected chi connectivity index (χ4v) is 5.22. The Bertz CT molecular complexity index is 892. The van der Waals surface area contributed by atoms with Gasteiger partial charge >= 0.3 is 0 Å². The van der Waals surface area contributed by atoms with Gasteiger partial charge in [-0.1, -0.05) is 12.1 Å². The van der Waals surface area contributed by atoms with Gasteiger partial charge in [0.1, 0.15) is 4.21 Å². The number of rotatable bonds is 9. The smallest absolute Gasteiger partial charge is 0.271 e. The van der Waals surface area contributed by atoms with Gasteiger partial charge in [-0.2, -0.15) is 0 Å². The highest BCUT2D eigenvalue weighted by Gasteiger charge is 2.16. The first kappa shape index (κ1) is 21.8. The van der Waals surface area contributed by atoms with Crippen molar-refractivity contribution in [3.8, 4) is 0 Å². The lowest BCUT2D eigenvalue weighted by atomic mass is 10.2. The number of piperazine rings is 1. The van der Waals surface area contributed by atoms with E-state index in [9.17, 15) is 13.2 Å². The maximum atomic E-state index is 12.4. The number of thiophene rings is 1. The maximum Gasteiger partial charge on any atom is 0.271 e. The molecule has 2 N–H and O–H groups in total. The molecule has 0 spiro atoms. The Labute approximate surface area is 176 Å². The molecule has 29 heavy (non-hydrogen) atoms. The van der Waals surface area contributed by atoms with Crippen molar-refractivity contribution in [2.24, 2.45) is 0 Å². The normalized spacial score (nSPS) is 15.9. The molecule has 0 unspecified atom stereocenters. The number of carbonyl (C=O) groups is 1. The second kappa shape index (κ2) is 10.2. The quantitative estimate of drug-likeness (QED) is 0.590. The van der Waals surface area contributed by atoms with Crippen molar-refractivity contribution >= 4 is 33.0 Å². The predicted octanol–water partition coefficient (Wildman–Crippen LogP) is 2.31. The van der Waals surface area contributed by atoms with Crippen LogP contribution in [0.5, 0.6) is 0 Å². The van der Waals surface area contributed by atoms with Crippen LogP contribution in [0.4, 0.5) is 5.69 Å². The van der Waals surface area contributed by atoms with Crippen LogP contribution in [0.25, 0.3) is 0 Å². The fraction of sp³-hybridized carbons (Fsp3) is 0.450. The van der Waals surface area contributed by atoms with E-state index in [1.807, 2.05) is 0 Å². The van der Waals surface area contributed by atoms with Gasteiger partial charge < -0.3 is 15.1 Å². The summed E-state index contributed by atoms with van der Waals surface area (Å²) in [6.45, 7) is 6.11. The molecule has 1 aliphatic heterocycles. The lowest BCUT2D eigenvalue weighted by Gasteiger charge is -2.32. The van der Waals surface area contributed by atoms with Crippen LogP contribution in [0.3, 0.4) is 0 Å². The number of sulfonamides is 1. The van der Waals surface area contributed by atoms with Crippen LogP contribution in [0.1, 0.15) is 23.2 Å². The van der Waals surface area contributed by atoms with Gasteiger partial charge in [0, 0.05) is 44.0 Å². The summed E-state index contributed by atoms with van der Waals surface area (Å²) in [5, 5.41) is 4.63. The van der Waals surface area contributed by atoms with E-state index in [-0.39, 0.29) is 10.1 Å². The van der Waals surface area contributed by atoms with Crippen molar-refractivity contribution < 1.29 is 13.2 Å². The second-order valence-electron chi connectivity index (χ2n) is 7.23. The number of unbranched alkanes of at least 4 members (excludes halogenated alkanes) is 1. The summed E-state index contributed by atoms with van der Waals surface area (Å²) in [5.74, 6) is -0.193.